The molecule has 4 aromatic heterocycles. The van der Waals surface area contributed by atoms with Gasteiger partial charge in [-0.2, -0.15) is 0 Å². The van der Waals surface area contributed by atoms with E-state index in [2.05, 4.69) is 89.5 Å². The molecule has 4 heterocycles. The molecule has 0 aliphatic heterocycles. The van der Waals surface area contributed by atoms with Crippen molar-refractivity contribution in [2.45, 2.75) is 0 Å². The van der Waals surface area contributed by atoms with Gasteiger partial charge in [0.1, 0.15) is 17.1 Å². The molecular weight excluding hydrogens is 466 g/mol. The summed E-state index contributed by atoms with van der Waals surface area (Å²) in [7, 11) is 0. The molecule has 0 radical (unpaired) electrons. The molecule has 0 aliphatic rings. The maximum Gasteiger partial charge on any atom is 0.161 e. The number of pyridine rings is 2. The maximum absolute atomic E-state index is 6.36. The van der Waals surface area contributed by atoms with Crippen LogP contribution in [0, 0.1) is 0 Å². The van der Waals surface area contributed by atoms with Gasteiger partial charge < -0.3 is 4.42 Å². The van der Waals surface area contributed by atoms with Crippen molar-refractivity contribution in [1.82, 2.24) is 14.5 Å². The van der Waals surface area contributed by atoms with Crippen LogP contribution in [0.2, 0.25) is 0 Å². The van der Waals surface area contributed by atoms with Gasteiger partial charge in [0, 0.05) is 45.1 Å². The number of fused-ring (bicyclic) bond motifs is 6. The van der Waals surface area contributed by atoms with Crippen LogP contribution >= 0.6 is 0 Å². The molecule has 0 aliphatic carbocycles. The number of hydrogen-bond acceptors (Lipinski definition) is 3. The van der Waals surface area contributed by atoms with Crippen molar-refractivity contribution in [3.8, 4) is 28.2 Å². The van der Waals surface area contributed by atoms with Gasteiger partial charge in [0.15, 0.2) is 5.58 Å². The van der Waals surface area contributed by atoms with Gasteiger partial charge in [-0.1, -0.05) is 78.9 Å². The summed E-state index contributed by atoms with van der Waals surface area (Å²) in [5.41, 5.74) is 7.83. The van der Waals surface area contributed by atoms with Crippen molar-refractivity contribution >= 4 is 43.7 Å². The lowest BCUT2D eigenvalue weighted by Crippen LogP contribution is -2.01. The smallest absolute Gasteiger partial charge is 0.161 e. The molecule has 0 atom stereocenters. The zero-order chi connectivity index (χ0) is 25.1. The Morgan fingerprint density at radius 2 is 1.11 bits per heavy atom. The normalized spacial score (nSPS) is 11.7. The summed E-state index contributed by atoms with van der Waals surface area (Å²) in [6.45, 7) is 0. The highest BCUT2D eigenvalue weighted by atomic mass is 16.3. The fourth-order valence-corrected chi connectivity index (χ4v) is 5.70. The number of furan rings is 1. The summed E-state index contributed by atoms with van der Waals surface area (Å²) in [6, 6.07) is 39.7. The largest absolute Gasteiger partial charge is 0.454 e. The van der Waals surface area contributed by atoms with Crippen LogP contribution in [0.5, 0.6) is 0 Å². The van der Waals surface area contributed by atoms with Crippen molar-refractivity contribution in [3.05, 3.63) is 128 Å². The first-order valence-electron chi connectivity index (χ1n) is 12.7. The Labute approximate surface area is 218 Å². The molecule has 0 saturated carbocycles. The van der Waals surface area contributed by atoms with E-state index < -0.39 is 0 Å². The van der Waals surface area contributed by atoms with Gasteiger partial charge >= 0.3 is 0 Å². The molecule has 178 valence electrons. The summed E-state index contributed by atoms with van der Waals surface area (Å²) in [4.78, 5) is 9.78. The van der Waals surface area contributed by atoms with E-state index in [4.69, 9.17) is 14.4 Å². The zero-order valence-electron chi connectivity index (χ0n) is 20.4. The molecule has 4 aromatic carbocycles. The lowest BCUT2D eigenvalue weighted by molar-refractivity contribution is 0.668. The van der Waals surface area contributed by atoms with Gasteiger partial charge in [-0.25, -0.2) is 4.98 Å². The van der Waals surface area contributed by atoms with Gasteiger partial charge in [0.2, 0.25) is 0 Å². The SMILES string of the molecule is c1ccc(-c2nccc3c2oc2ccccc23)c(-c2cccnc2-n2c3ccccc3c3ccccc32)c1. The number of nitrogens with zero attached hydrogens (tertiary/aromatic N) is 3. The first-order chi connectivity index (χ1) is 18.9. The molecule has 0 unspecified atom stereocenters. The molecule has 8 aromatic rings. The summed E-state index contributed by atoms with van der Waals surface area (Å²) in [5, 5.41) is 4.58. The third kappa shape index (κ3) is 2.98. The van der Waals surface area contributed by atoms with E-state index in [9.17, 15) is 0 Å². The molecule has 8 rings (SSSR count). The van der Waals surface area contributed by atoms with Crippen molar-refractivity contribution in [1.29, 1.82) is 0 Å². The number of hydrogen-bond donors (Lipinski definition) is 0. The zero-order valence-corrected chi connectivity index (χ0v) is 20.4. The highest BCUT2D eigenvalue weighted by molar-refractivity contribution is 6.11. The van der Waals surface area contributed by atoms with E-state index >= 15 is 0 Å². The van der Waals surface area contributed by atoms with E-state index in [1.807, 2.05) is 42.7 Å². The quantitative estimate of drug-likeness (QED) is 0.250. The van der Waals surface area contributed by atoms with E-state index in [1.165, 1.54) is 10.8 Å². The fraction of sp³-hybridized carbons (Fsp3) is 0. The van der Waals surface area contributed by atoms with Crippen LogP contribution in [0.15, 0.2) is 132 Å². The fourth-order valence-electron chi connectivity index (χ4n) is 5.70. The average molecular weight is 488 g/mol. The van der Waals surface area contributed by atoms with Crippen LogP contribution in [0.25, 0.3) is 71.9 Å². The molecule has 4 nitrogen and oxygen atoms in total. The minimum absolute atomic E-state index is 0.795. The lowest BCUT2D eigenvalue weighted by atomic mass is 9.96. The summed E-state index contributed by atoms with van der Waals surface area (Å²) < 4.78 is 8.63. The van der Waals surface area contributed by atoms with E-state index in [1.54, 1.807) is 0 Å². The number of rotatable bonds is 3. The predicted molar refractivity (Wildman–Crippen MR) is 155 cm³/mol. The Morgan fingerprint density at radius 3 is 1.89 bits per heavy atom. The second-order valence-electron chi connectivity index (χ2n) is 9.42. The molecule has 4 heteroatoms. The van der Waals surface area contributed by atoms with Crippen molar-refractivity contribution in [2.75, 3.05) is 0 Å². The number of para-hydroxylation sites is 3. The van der Waals surface area contributed by atoms with Crippen LogP contribution in [0.1, 0.15) is 0 Å². The first kappa shape index (κ1) is 20.9. The van der Waals surface area contributed by atoms with Crippen LogP contribution in [0.3, 0.4) is 0 Å². The van der Waals surface area contributed by atoms with Crippen molar-refractivity contribution in [3.63, 3.8) is 0 Å². The molecule has 38 heavy (non-hydrogen) atoms. The minimum Gasteiger partial charge on any atom is -0.454 e. The van der Waals surface area contributed by atoms with E-state index in [-0.39, 0.29) is 0 Å². The highest BCUT2D eigenvalue weighted by Gasteiger charge is 2.20. The standard InChI is InChI=1S/C34H21N3O/c1-2-14-26(32-33-27(19-21-35-32)25-13-5-8-18-31(25)38-33)22(10-1)28-15-9-20-36-34(28)37-29-16-6-3-11-23(29)24-12-4-7-17-30(24)37/h1-21H. The Bertz CT molecular complexity index is 2100. The van der Waals surface area contributed by atoms with E-state index in [0.717, 1.165) is 61.2 Å². The average Bonchev–Trinajstić information content (AvgIpc) is 3.53. The molecule has 0 fully saturated rings. The molecule has 0 N–H and O–H groups in total. The monoisotopic (exact) mass is 487 g/mol. The van der Waals surface area contributed by atoms with Gasteiger partial charge in [-0.3, -0.25) is 9.55 Å². The lowest BCUT2D eigenvalue weighted by Gasteiger charge is -2.15. The summed E-state index contributed by atoms with van der Waals surface area (Å²) in [6.07, 6.45) is 3.73. The number of aromatic nitrogens is 3. The van der Waals surface area contributed by atoms with Crippen LogP contribution < -0.4 is 0 Å². The second kappa shape index (κ2) is 8.15. The number of benzene rings is 4. The minimum atomic E-state index is 0.795. The Hall–Kier alpha value is -5.22. The molecule has 0 spiro atoms. The topological polar surface area (TPSA) is 43.9 Å². The highest BCUT2D eigenvalue weighted by Crippen LogP contribution is 2.41. The van der Waals surface area contributed by atoms with Crippen LogP contribution in [0.4, 0.5) is 0 Å². The summed E-state index contributed by atoms with van der Waals surface area (Å²) in [5.74, 6) is 0.883. The van der Waals surface area contributed by atoms with Crippen LogP contribution in [-0.4, -0.2) is 14.5 Å². The van der Waals surface area contributed by atoms with Crippen LogP contribution in [-0.2, 0) is 0 Å². The van der Waals surface area contributed by atoms with Crippen molar-refractivity contribution < 1.29 is 4.42 Å². The maximum atomic E-state index is 6.36. The Kier molecular flexibility index (Phi) is 4.49. The summed E-state index contributed by atoms with van der Waals surface area (Å²) >= 11 is 0. The van der Waals surface area contributed by atoms with Gasteiger partial charge in [0.05, 0.1) is 11.0 Å². The third-order valence-corrected chi connectivity index (χ3v) is 7.34. The predicted octanol–water partition coefficient (Wildman–Crippen LogP) is 8.81. The molecule has 0 saturated heterocycles. The molecule has 0 amide bonds. The Morgan fingerprint density at radius 1 is 0.474 bits per heavy atom. The van der Waals surface area contributed by atoms with E-state index in [0.29, 0.717) is 0 Å². The van der Waals surface area contributed by atoms with Gasteiger partial charge in [-0.15, -0.1) is 0 Å². The van der Waals surface area contributed by atoms with Gasteiger partial charge in [-0.05, 0) is 42.0 Å². The Balaban J connectivity index is 1.43. The van der Waals surface area contributed by atoms with Crippen molar-refractivity contribution in [2.24, 2.45) is 0 Å². The molecule has 0 bridgehead atoms. The second-order valence-corrected chi connectivity index (χ2v) is 9.42. The third-order valence-electron chi connectivity index (χ3n) is 7.34. The molecular formula is C34H21N3O. The van der Waals surface area contributed by atoms with Gasteiger partial charge in [0.25, 0.3) is 0 Å². The first-order valence-corrected chi connectivity index (χ1v) is 12.7.